The fraction of sp³-hybridized carbons (Fsp3) is 0.182. The van der Waals surface area contributed by atoms with Crippen LogP contribution in [0.3, 0.4) is 0 Å². The van der Waals surface area contributed by atoms with Crippen molar-refractivity contribution < 1.29 is 4.74 Å². The average Bonchev–Trinajstić information content (AvgIpc) is 3.13. The van der Waals surface area contributed by atoms with Crippen LogP contribution < -0.4 is 4.74 Å². The molecule has 0 saturated heterocycles. The van der Waals surface area contributed by atoms with Crippen molar-refractivity contribution >= 4 is 34.4 Å². The molecule has 0 atom stereocenters. The van der Waals surface area contributed by atoms with Crippen LogP contribution >= 0.6 is 23.4 Å². The van der Waals surface area contributed by atoms with E-state index in [1.165, 1.54) is 0 Å². The highest BCUT2D eigenvalue weighted by Gasteiger charge is 2.14. The second-order valence-electron chi connectivity index (χ2n) is 6.57. The number of rotatable bonds is 8. The number of benzene rings is 2. The molecule has 0 unspecified atom stereocenters. The molecule has 2 heterocycles. The van der Waals surface area contributed by atoms with Crippen LogP contribution in [-0.2, 0) is 18.9 Å². The zero-order valence-electron chi connectivity index (χ0n) is 16.5. The molecule has 0 bridgehead atoms. The standard InChI is InChI=1S/C22H20ClN5OS/c1-3-12-28-21(13-29-17-10-8-16(23)9-11-17)26-27-22(28)30-14-20-15(2)24-18-6-4-5-7-19(18)25-20/h3-11H,1,12-14H2,2H3. The van der Waals surface area contributed by atoms with Crippen LogP contribution in [0.25, 0.3) is 11.0 Å². The third-order valence-corrected chi connectivity index (χ3v) is 5.70. The van der Waals surface area contributed by atoms with Gasteiger partial charge in [-0.05, 0) is 43.3 Å². The average molecular weight is 438 g/mol. The lowest BCUT2D eigenvalue weighted by Gasteiger charge is -2.10. The van der Waals surface area contributed by atoms with Crippen molar-refractivity contribution in [1.29, 1.82) is 0 Å². The van der Waals surface area contributed by atoms with Crippen LogP contribution in [0.15, 0.2) is 66.3 Å². The van der Waals surface area contributed by atoms with Gasteiger partial charge in [-0.1, -0.05) is 41.6 Å². The summed E-state index contributed by atoms with van der Waals surface area (Å²) in [6.07, 6.45) is 1.82. The van der Waals surface area contributed by atoms with E-state index in [4.69, 9.17) is 21.3 Å². The molecule has 0 N–H and O–H groups in total. The number of thioether (sulfide) groups is 1. The first-order valence-corrected chi connectivity index (χ1v) is 10.8. The van der Waals surface area contributed by atoms with Crippen LogP contribution in [0.2, 0.25) is 5.02 Å². The van der Waals surface area contributed by atoms with Crippen molar-refractivity contribution in [2.75, 3.05) is 0 Å². The number of allylic oxidation sites excluding steroid dienone is 1. The van der Waals surface area contributed by atoms with E-state index < -0.39 is 0 Å². The highest BCUT2D eigenvalue weighted by atomic mass is 35.5. The zero-order valence-corrected chi connectivity index (χ0v) is 18.0. The molecule has 0 spiro atoms. The second-order valence-corrected chi connectivity index (χ2v) is 7.95. The summed E-state index contributed by atoms with van der Waals surface area (Å²) in [6, 6.07) is 15.1. The van der Waals surface area contributed by atoms with E-state index in [0.717, 1.165) is 39.2 Å². The Morgan fingerprint density at radius 1 is 1.07 bits per heavy atom. The number of halogens is 1. The van der Waals surface area contributed by atoms with Gasteiger partial charge >= 0.3 is 0 Å². The first kappa shape index (κ1) is 20.4. The molecule has 0 fully saturated rings. The van der Waals surface area contributed by atoms with Gasteiger partial charge in [-0.25, -0.2) is 9.97 Å². The van der Waals surface area contributed by atoms with Crippen LogP contribution in [0.1, 0.15) is 17.2 Å². The first-order chi connectivity index (χ1) is 14.6. The maximum atomic E-state index is 5.92. The second kappa shape index (κ2) is 9.28. The Balaban J connectivity index is 1.49. The Kier molecular flexibility index (Phi) is 6.30. The smallest absolute Gasteiger partial charge is 0.191 e. The third kappa shape index (κ3) is 4.63. The molecule has 0 amide bonds. The Bertz CT molecular complexity index is 1180. The fourth-order valence-corrected chi connectivity index (χ4v) is 4.02. The lowest BCUT2D eigenvalue weighted by Crippen LogP contribution is -2.07. The van der Waals surface area contributed by atoms with Crippen LogP contribution in [0.5, 0.6) is 5.75 Å². The molecular formula is C22H20ClN5OS. The molecule has 0 saturated carbocycles. The highest BCUT2D eigenvalue weighted by molar-refractivity contribution is 7.98. The van der Waals surface area contributed by atoms with E-state index in [1.807, 2.05) is 54.0 Å². The van der Waals surface area contributed by atoms with Gasteiger partial charge in [-0.3, -0.25) is 4.57 Å². The monoisotopic (exact) mass is 437 g/mol. The number of aryl methyl sites for hydroxylation is 1. The Morgan fingerprint density at radius 2 is 1.80 bits per heavy atom. The number of aromatic nitrogens is 5. The van der Waals surface area contributed by atoms with E-state index in [1.54, 1.807) is 23.9 Å². The highest BCUT2D eigenvalue weighted by Crippen LogP contribution is 2.24. The summed E-state index contributed by atoms with van der Waals surface area (Å²) in [5.41, 5.74) is 3.65. The number of fused-ring (bicyclic) bond motifs is 1. The topological polar surface area (TPSA) is 65.7 Å². The molecule has 4 aromatic rings. The summed E-state index contributed by atoms with van der Waals surface area (Å²) in [6.45, 7) is 6.73. The minimum absolute atomic E-state index is 0.303. The molecule has 2 aromatic heterocycles. The van der Waals surface area contributed by atoms with Crippen molar-refractivity contribution in [1.82, 2.24) is 24.7 Å². The van der Waals surface area contributed by atoms with Crippen molar-refractivity contribution in [3.05, 3.63) is 83.4 Å². The van der Waals surface area contributed by atoms with Gasteiger partial charge in [0, 0.05) is 17.3 Å². The predicted octanol–water partition coefficient (Wildman–Crippen LogP) is 5.24. The summed E-state index contributed by atoms with van der Waals surface area (Å²) in [4.78, 5) is 9.42. The maximum Gasteiger partial charge on any atom is 0.191 e. The van der Waals surface area contributed by atoms with Crippen LogP contribution in [0.4, 0.5) is 0 Å². The van der Waals surface area contributed by atoms with Gasteiger partial charge in [-0.15, -0.1) is 16.8 Å². The Labute approximate surface area is 184 Å². The molecule has 152 valence electrons. The van der Waals surface area contributed by atoms with Crippen molar-refractivity contribution in [2.45, 2.75) is 31.0 Å². The van der Waals surface area contributed by atoms with E-state index in [-0.39, 0.29) is 0 Å². The van der Waals surface area contributed by atoms with Gasteiger partial charge in [0.1, 0.15) is 12.4 Å². The molecule has 0 aliphatic heterocycles. The SMILES string of the molecule is C=CCn1c(COc2ccc(Cl)cc2)nnc1SCc1nc2ccccc2nc1C. The Hall–Kier alpha value is -2.90. The van der Waals surface area contributed by atoms with E-state index in [9.17, 15) is 0 Å². The molecule has 2 aromatic carbocycles. The van der Waals surface area contributed by atoms with Gasteiger partial charge in [0.05, 0.1) is 22.4 Å². The number of hydrogen-bond acceptors (Lipinski definition) is 6. The summed E-state index contributed by atoms with van der Waals surface area (Å²) in [7, 11) is 0. The minimum Gasteiger partial charge on any atom is -0.486 e. The lowest BCUT2D eigenvalue weighted by atomic mass is 10.2. The van der Waals surface area contributed by atoms with E-state index in [0.29, 0.717) is 23.9 Å². The van der Waals surface area contributed by atoms with Crippen LogP contribution in [-0.4, -0.2) is 24.7 Å². The molecule has 30 heavy (non-hydrogen) atoms. The van der Waals surface area contributed by atoms with Gasteiger partial charge in [0.15, 0.2) is 11.0 Å². The molecular weight excluding hydrogens is 418 g/mol. The largest absolute Gasteiger partial charge is 0.486 e. The predicted molar refractivity (Wildman–Crippen MR) is 120 cm³/mol. The first-order valence-electron chi connectivity index (χ1n) is 9.40. The van der Waals surface area contributed by atoms with Crippen molar-refractivity contribution in [3.63, 3.8) is 0 Å². The maximum absolute atomic E-state index is 5.92. The number of ether oxygens (including phenoxy) is 1. The molecule has 0 aliphatic carbocycles. The lowest BCUT2D eigenvalue weighted by molar-refractivity contribution is 0.289. The normalized spacial score (nSPS) is 11.0. The summed E-state index contributed by atoms with van der Waals surface area (Å²) < 4.78 is 7.83. The molecule has 4 rings (SSSR count). The zero-order chi connectivity index (χ0) is 20.9. The van der Waals surface area contributed by atoms with Crippen molar-refractivity contribution in [3.8, 4) is 5.75 Å². The van der Waals surface area contributed by atoms with Gasteiger partial charge in [-0.2, -0.15) is 0 Å². The van der Waals surface area contributed by atoms with E-state index >= 15 is 0 Å². The van der Waals surface area contributed by atoms with Crippen molar-refractivity contribution in [2.24, 2.45) is 0 Å². The molecule has 6 nitrogen and oxygen atoms in total. The van der Waals surface area contributed by atoms with E-state index in [2.05, 4.69) is 21.8 Å². The number of para-hydroxylation sites is 2. The van der Waals surface area contributed by atoms with Gasteiger partial charge < -0.3 is 4.74 Å². The van der Waals surface area contributed by atoms with Gasteiger partial charge in [0.2, 0.25) is 0 Å². The molecule has 8 heteroatoms. The number of hydrogen-bond donors (Lipinski definition) is 0. The summed E-state index contributed by atoms with van der Waals surface area (Å²) in [5, 5.41) is 10.1. The third-order valence-electron chi connectivity index (χ3n) is 4.47. The van der Waals surface area contributed by atoms with Crippen LogP contribution in [0, 0.1) is 6.92 Å². The molecule has 0 radical (unpaired) electrons. The fourth-order valence-electron chi connectivity index (χ4n) is 2.92. The quantitative estimate of drug-likeness (QED) is 0.277. The minimum atomic E-state index is 0.303. The molecule has 0 aliphatic rings. The summed E-state index contributed by atoms with van der Waals surface area (Å²) >= 11 is 7.50. The Morgan fingerprint density at radius 3 is 2.53 bits per heavy atom. The van der Waals surface area contributed by atoms with Gasteiger partial charge in [0.25, 0.3) is 0 Å². The number of nitrogens with zero attached hydrogens (tertiary/aromatic N) is 5. The summed E-state index contributed by atoms with van der Waals surface area (Å²) in [5.74, 6) is 2.11.